The number of aromatic nitrogens is 6. The number of ether oxygens (including phenoxy) is 2. The standard InChI is InChI=1S/C24H26ClFN4O4.C21H23ClFN5O3.ClH/c1-15(2)34-21-11-10-19(13-20(21)26)27-22-28-23(32)29(12-4-5-16(3)31)24(33)30(22)14-17-6-8-18(25)9-7-17;1-13(2)31-18-8-7-16(11-17(18)23)25-19-26-20(29)27(10-9-24)21(30)28(19)12-14-3-5-15(22)6-4-14;/h6-11,13,15H,4-5,12,14H2,1-3H3,(H,27,28,32);3-8,11,13H,9-10,12,24H2,1-2H3,(H,25,26,29);1H. The highest BCUT2D eigenvalue weighted by atomic mass is 35.5. The van der Waals surface area contributed by atoms with Gasteiger partial charge >= 0.3 is 22.8 Å². The Morgan fingerprint density at radius 1 is 0.652 bits per heavy atom. The average Bonchev–Trinajstić information content (AvgIpc) is 3.24. The van der Waals surface area contributed by atoms with Crippen LogP contribution in [0.25, 0.3) is 0 Å². The molecule has 0 amide bonds. The van der Waals surface area contributed by atoms with E-state index in [0.717, 1.165) is 20.3 Å². The van der Waals surface area contributed by atoms with Gasteiger partial charge in [-0.1, -0.05) is 47.5 Å². The number of ketones is 1. The molecule has 16 nitrogen and oxygen atoms in total. The molecule has 0 spiro atoms. The highest BCUT2D eigenvalue weighted by Crippen LogP contribution is 2.26. The summed E-state index contributed by atoms with van der Waals surface area (Å²) in [6.07, 6.45) is 0.194. The first-order chi connectivity index (χ1) is 30.9. The topological polar surface area (TPSA) is 199 Å². The predicted molar refractivity (Wildman–Crippen MR) is 254 cm³/mol. The number of halogens is 5. The summed E-state index contributed by atoms with van der Waals surface area (Å²) in [5, 5.41) is 6.83. The maximum absolute atomic E-state index is 14.5. The number of benzene rings is 4. The minimum atomic E-state index is -0.761. The van der Waals surface area contributed by atoms with E-state index in [9.17, 15) is 32.8 Å². The van der Waals surface area contributed by atoms with Crippen LogP contribution in [-0.2, 0) is 31.0 Å². The van der Waals surface area contributed by atoms with Crippen LogP contribution in [0.3, 0.4) is 0 Å². The zero-order valence-corrected chi connectivity index (χ0v) is 39.1. The number of nitrogens with two attached hydrogens (primary N) is 1. The first-order valence-electron chi connectivity index (χ1n) is 20.5. The van der Waals surface area contributed by atoms with Crippen molar-refractivity contribution >= 4 is 64.7 Å². The normalized spacial score (nSPS) is 10.8. The Morgan fingerprint density at radius 2 is 1.05 bits per heavy atom. The maximum atomic E-state index is 14.5. The van der Waals surface area contributed by atoms with Crippen LogP contribution in [0.1, 0.15) is 58.6 Å². The Bertz CT molecular complexity index is 2850. The molecule has 0 radical (unpaired) electrons. The third-order valence-corrected chi connectivity index (χ3v) is 9.68. The van der Waals surface area contributed by atoms with Gasteiger partial charge in [0.1, 0.15) is 5.78 Å². The summed E-state index contributed by atoms with van der Waals surface area (Å²) in [5.41, 5.74) is 4.95. The van der Waals surface area contributed by atoms with Crippen molar-refractivity contribution in [3.05, 3.63) is 160 Å². The third kappa shape index (κ3) is 14.6. The molecule has 6 rings (SSSR count). The molecule has 352 valence electrons. The van der Waals surface area contributed by atoms with Crippen molar-refractivity contribution in [3.63, 3.8) is 0 Å². The lowest BCUT2D eigenvalue weighted by Crippen LogP contribution is -2.43. The maximum Gasteiger partial charge on any atom is 0.354 e. The number of rotatable bonds is 18. The number of nitrogens with one attached hydrogen (secondary N) is 2. The van der Waals surface area contributed by atoms with Gasteiger partial charge in [-0.2, -0.15) is 9.97 Å². The highest BCUT2D eigenvalue weighted by molar-refractivity contribution is 6.30. The predicted octanol–water partition coefficient (Wildman–Crippen LogP) is 7.30. The molecule has 21 heteroatoms. The van der Waals surface area contributed by atoms with Gasteiger partial charge in [0.05, 0.1) is 25.3 Å². The van der Waals surface area contributed by atoms with E-state index in [-0.39, 0.29) is 92.9 Å². The fourth-order valence-corrected chi connectivity index (χ4v) is 6.44. The van der Waals surface area contributed by atoms with Crippen LogP contribution in [0.15, 0.2) is 104 Å². The Morgan fingerprint density at radius 3 is 1.39 bits per heavy atom. The Kier molecular flexibility index (Phi) is 19.2. The van der Waals surface area contributed by atoms with Gasteiger partial charge in [0.25, 0.3) is 0 Å². The summed E-state index contributed by atoms with van der Waals surface area (Å²) >= 11 is 11.9. The molecule has 0 aliphatic carbocycles. The molecule has 0 unspecified atom stereocenters. The number of hydrogen-bond donors (Lipinski definition) is 3. The summed E-state index contributed by atoms with van der Waals surface area (Å²) in [4.78, 5) is 70.5. The fraction of sp³-hybridized carbons (Fsp3) is 0.311. The van der Waals surface area contributed by atoms with E-state index in [4.69, 9.17) is 38.4 Å². The van der Waals surface area contributed by atoms with Gasteiger partial charge in [-0.05, 0) is 101 Å². The zero-order chi connectivity index (χ0) is 47.4. The van der Waals surface area contributed by atoms with Crippen molar-refractivity contribution < 1.29 is 23.0 Å². The van der Waals surface area contributed by atoms with Crippen LogP contribution in [0.5, 0.6) is 11.5 Å². The molecule has 6 aromatic rings. The van der Waals surface area contributed by atoms with E-state index in [1.807, 2.05) is 0 Å². The molecule has 0 saturated carbocycles. The van der Waals surface area contributed by atoms with Crippen molar-refractivity contribution in [1.29, 1.82) is 0 Å². The molecule has 0 fully saturated rings. The Balaban J connectivity index is 0.000000285. The quantitative estimate of drug-likeness (QED) is 0.0778. The van der Waals surface area contributed by atoms with Gasteiger partial charge < -0.3 is 30.6 Å². The van der Waals surface area contributed by atoms with Gasteiger partial charge in [-0.25, -0.2) is 37.1 Å². The lowest BCUT2D eigenvalue weighted by molar-refractivity contribution is -0.117. The number of hydrogen-bond acceptors (Lipinski definition) is 12. The monoisotopic (exact) mass is 971 g/mol. The van der Waals surface area contributed by atoms with Gasteiger partial charge in [0.2, 0.25) is 11.9 Å². The zero-order valence-electron chi connectivity index (χ0n) is 36.7. The summed E-state index contributed by atoms with van der Waals surface area (Å²) in [6, 6.07) is 22.3. The van der Waals surface area contributed by atoms with Crippen LogP contribution in [-0.4, -0.2) is 52.8 Å². The summed E-state index contributed by atoms with van der Waals surface area (Å²) in [6.45, 7) is 9.01. The molecule has 2 aromatic heterocycles. The lowest BCUT2D eigenvalue weighted by atomic mass is 10.2. The average molecular weight is 973 g/mol. The molecular weight excluding hydrogens is 923 g/mol. The number of carbonyl (C=O) groups is 1. The number of nitrogens with zero attached hydrogens (tertiary/aromatic N) is 6. The second-order valence-corrected chi connectivity index (χ2v) is 16.1. The Hall–Kier alpha value is -6.34. The second-order valence-electron chi connectivity index (χ2n) is 15.2. The van der Waals surface area contributed by atoms with E-state index < -0.39 is 34.4 Å². The molecule has 0 bridgehead atoms. The molecule has 0 aliphatic rings. The van der Waals surface area contributed by atoms with Crippen LogP contribution in [0, 0.1) is 11.6 Å². The van der Waals surface area contributed by atoms with Crippen LogP contribution in [0.4, 0.5) is 32.1 Å². The van der Waals surface area contributed by atoms with E-state index in [0.29, 0.717) is 27.8 Å². The van der Waals surface area contributed by atoms with Crippen LogP contribution >= 0.6 is 35.6 Å². The smallest absolute Gasteiger partial charge is 0.354 e. The summed E-state index contributed by atoms with van der Waals surface area (Å²) in [7, 11) is 0. The van der Waals surface area contributed by atoms with E-state index in [2.05, 4.69) is 20.6 Å². The van der Waals surface area contributed by atoms with E-state index in [1.165, 1.54) is 40.3 Å². The van der Waals surface area contributed by atoms with Gasteiger partial charge in [-0.15, -0.1) is 12.4 Å². The number of Topliss-reactive ketones (excluding diaryl/α,β-unsaturated/α-hetero) is 1. The van der Waals surface area contributed by atoms with Crippen molar-refractivity contribution in [1.82, 2.24) is 28.2 Å². The number of carbonyl (C=O) groups excluding carboxylic acids is 1. The second kappa shape index (κ2) is 24.3. The lowest BCUT2D eigenvalue weighted by Gasteiger charge is -2.16. The third-order valence-electron chi connectivity index (χ3n) is 9.17. The molecule has 0 aliphatic heterocycles. The molecule has 2 heterocycles. The van der Waals surface area contributed by atoms with Crippen LogP contribution in [0.2, 0.25) is 10.0 Å². The minimum Gasteiger partial charge on any atom is -0.488 e. The first kappa shape index (κ1) is 52.3. The van der Waals surface area contributed by atoms with Gasteiger partial charge in [0.15, 0.2) is 23.1 Å². The highest BCUT2D eigenvalue weighted by Gasteiger charge is 2.18. The molecule has 4 N–H and O–H groups in total. The van der Waals surface area contributed by atoms with Gasteiger partial charge in [-0.3, -0.25) is 9.13 Å². The molecule has 66 heavy (non-hydrogen) atoms. The SMILES string of the molecule is CC(=O)CCCn1c(=O)nc(Nc2ccc(OC(C)C)c(F)c2)n(Cc2ccc(Cl)cc2)c1=O.CC(C)Oc1ccc(Nc2nc(=O)n(CCN)c(=O)n2Cc2ccc(Cl)cc2)cc1F.Cl. The largest absolute Gasteiger partial charge is 0.488 e. The molecule has 4 aromatic carbocycles. The molecule has 0 atom stereocenters. The Labute approximate surface area is 394 Å². The summed E-state index contributed by atoms with van der Waals surface area (Å²) < 4.78 is 44.2. The van der Waals surface area contributed by atoms with E-state index >= 15 is 0 Å². The molecular formula is C45H50Cl3F2N9O7. The van der Waals surface area contributed by atoms with Crippen molar-refractivity contribution in [3.8, 4) is 11.5 Å². The van der Waals surface area contributed by atoms with Crippen molar-refractivity contribution in [2.45, 2.75) is 85.8 Å². The first-order valence-corrected chi connectivity index (χ1v) is 21.3. The fourth-order valence-electron chi connectivity index (χ4n) is 6.19. The van der Waals surface area contributed by atoms with Crippen molar-refractivity contribution in [2.75, 3.05) is 17.2 Å². The number of anilines is 4. The van der Waals surface area contributed by atoms with Gasteiger partial charge in [0, 0.05) is 59.6 Å². The summed E-state index contributed by atoms with van der Waals surface area (Å²) in [5.74, 6) is -1.07. The molecule has 0 saturated heterocycles. The minimum absolute atomic E-state index is 0. The van der Waals surface area contributed by atoms with Crippen molar-refractivity contribution in [2.24, 2.45) is 5.73 Å². The van der Waals surface area contributed by atoms with E-state index in [1.54, 1.807) is 88.4 Å². The van der Waals surface area contributed by atoms with Crippen LogP contribution < -0.4 is 48.6 Å².